The zero-order valence-corrected chi connectivity index (χ0v) is 44.8. The average molecular weight is 958 g/mol. The van der Waals surface area contributed by atoms with E-state index in [2.05, 4.69) is 130 Å². The molecule has 0 spiro atoms. The lowest BCUT2D eigenvalue weighted by Gasteiger charge is -2.18. The molecule has 6 nitrogen and oxygen atoms in total. The molecule has 0 amide bonds. The van der Waals surface area contributed by atoms with Crippen molar-refractivity contribution in [3.63, 3.8) is 0 Å². The van der Waals surface area contributed by atoms with E-state index in [4.69, 9.17) is 14.2 Å². The van der Waals surface area contributed by atoms with E-state index in [0.29, 0.717) is 25.7 Å². The Labute approximate surface area is 425 Å². The van der Waals surface area contributed by atoms with E-state index >= 15 is 0 Å². The van der Waals surface area contributed by atoms with Crippen LogP contribution in [0.1, 0.15) is 252 Å². The maximum atomic E-state index is 12.8. The minimum atomic E-state index is -0.820. The lowest BCUT2D eigenvalue weighted by molar-refractivity contribution is -0.167. The molecule has 0 N–H and O–H groups in total. The summed E-state index contributed by atoms with van der Waals surface area (Å²) in [4.78, 5) is 38.1. The average Bonchev–Trinajstić information content (AvgIpc) is 3.35. The molecule has 0 aliphatic carbocycles. The molecule has 0 fully saturated rings. The number of rotatable bonds is 50. The Kier molecular flexibility index (Phi) is 53.4. The number of allylic oxidation sites excluding steroid dienone is 18. The summed E-state index contributed by atoms with van der Waals surface area (Å²) in [5.41, 5.74) is 0. The van der Waals surface area contributed by atoms with E-state index in [1.807, 2.05) is 0 Å². The van der Waals surface area contributed by atoms with Crippen LogP contribution in [-0.2, 0) is 28.6 Å². The first-order valence-electron chi connectivity index (χ1n) is 28.4. The molecule has 0 aromatic rings. The van der Waals surface area contributed by atoms with Crippen molar-refractivity contribution in [1.82, 2.24) is 0 Å². The standard InChI is InChI=1S/C63H104O6/c1-4-7-10-13-16-19-22-25-28-29-30-31-32-33-36-38-41-44-47-50-53-56-62(65)68-59-60(69-63(66)57-54-51-48-45-42-39-35-27-24-21-18-15-12-9-6-3)58-67-61(64)55-52-49-46-43-40-37-34-26-23-20-17-14-11-8-5-2/h8-9,11-12,17-18,20-21,26-27,29-30,34-35,40,42-43,45,60H,4-7,10,13-16,19,22-25,28,31-33,36-39,41,44,46-59H2,1-3H3/b11-8-,12-9-,20-17-,21-18-,30-29-,34-26-,35-27-,43-40-,45-42-. The molecule has 0 bridgehead atoms. The van der Waals surface area contributed by atoms with E-state index in [0.717, 1.165) is 96.3 Å². The van der Waals surface area contributed by atoms with Gasteiger partial charge >= 0.3 is 17.9 Å². The minimum Gasteiger partial charge on any atom is -0.462 e. The molecular formula is C63H104O6. The van der Waals surface area contributed by atoms with Gasteiger partial charge in [-0.1, -0.05) is 220 Å². The lowest BCUT2D eigenvalue weighted by Crippen LogP contribution is -2.30. The van der Waals surface area contributed by atoms with Gasteiger partial charge in [0, 0.05) is 19.3 Å². The van der Waals surface area contributed by atoms with E-state index in [1.54, 1.807) is 0 Å². The van der Waals surface area contributed by atoms with E-state index in [-0.39, 0.29) is 37.5 Å². The monoisotopic (exact) mass is 957 g/mol. The third-order valence-electron chi connectivity index (χ3n) is 11.7. The van der Waals surface area contributed by atoms with Gasteiger partial charge in [0.1, 0.15) is 13.2 Å². The molecular weight excluding hydrogens is 853 g/mol. The summed E-state index contributed by atoms with van der Waals surface area (Å²) in [6.45, 7) is 6.34. The summed E-state index contributed by atoms with van der Waals surface area (Å²) >= 11 is 0. The molecule has 69 heavy (non-hydrogen) atoms. The number of hydrogen-bond acceptors (Lipinski definition) is 6. The second-order valence-corrected chi connectivity index (χ2v) is 18.4. The highest BCUT2D eigenvalue weighted by Gasteiger charge is 2.19. The Morgan fingerprint density at radius 3 is 0.928 bits per heavy atom. The second-order valence-electron chi connectivity index (χ2n) is 18.4. The van der Waals surface area contributed by atoms with Gasteiger partial charge in [-0.25, -0.2) is 0 Å². The van der Waals surface area contributed by atoms with Gasteiger partial charge in [0.05, 0.1) is 0 Å². The quantitative estimate of drug-likeness (QED) is 0.0262. The predicted molar refractivity (Wildman–Crippen MR) is 297 cm³/mol. The molecule has 1 unspecified atom stereocenters. The predicted octanol–water partition coefficient (Wildman–Crippen LogP) is 19.1. The van der Waals surface area contributed by atoms with Crippen LogP contribution in [0.2, 0.25) is 0 Å². The Hall–Kier alpha value is -3.93. The number of carbonyl (C=O) groups is 3. The number of esters is 3. The number of hydrogen-bond donors (Lipinski definition) is 0. The Balaban J connectivity index is 4.46. The van der Waals surface area contributed by atoms with Gasteiger partial charge in [-0.2, -0.15) is 0 Å². The van der Waals surface area contributed by atoms with E-state index in [1.165, 1.54) is 103 Å². The summed E-state index contributed by atoms with van der Waals surface area (Å²) in [5, 5.41) is 0. The Morgan fingerprint density at radius 1 is 0.304 bits per heavy atom. The number of carbonyl (C=O) groups excluding carboxylic acids is 3. The molecule has 1 atom stereocenters. The zero-order chi connectivity index (χ0) is 50.0. The highest BCUT2D eigenvalue weighted by molar-refractivity contribution is 5.71. The molecule has 6 heteroatoms. The second kappa shape index (κ2) is 56.7. The van der Waals surface area contributed by atoms with Gasteiger partial charge < -0.3 is 14.2 Å². The minimum absolute atomic E-state index is 0.110. The number of unbranched alkanes of at least 4 members (excludes halogenated alkanes) is 21. The van der Waals surface area contributed by atoms with Crippen LogP contribution in [0, 0.1) is 0 Å². The van der Waals surface area contributed by atoms with Crippen molar-refractivity contribution in [2.24, 2.45) is 0 Å². The van der Waals surface area contributed by atoms with Crippen molar-refractivity contribution in [3.05, 3.63) is 109 Å². The van der Waals surface area contributed by atoms with Crippen molar-refractivity contribution in [1.29, 1.82) is 0 Å². The fourth-order valence-corrected chi connectivity index (χ4v) is 7.54. The van der Waals surface area contributed by atoms with Gasteiger partial charge in [0.2, 0.25) is 0 Å². The van der Waals surface area contributed by atoms with Crippen LogP contribution < -0.4 is 0 Å². The van der Waals surface area contributed by atoms with Crippen LogP contribution >= 0.6 is 0 Å². The summed E-state index contributed by atoms with van der Waals surface area (Å²) in [6.07, 6.45) is 76.6. The molecule has 0 rings (SSSR count). The summed E-state index contributed by atoms with van der Waals surface area (Å²) in [7, 11) is 0. The van der Waals surface area contributed by atoms with Crippen molar-refractivity contribution < 1.29 is 28.6 Å². The third kappa shape index (κ3) is 54.9. The summed E-state index contributed by atoms with van der Waals surface area (Å²) < 4.78 is 16.8. The number of ether oxygens (including phenoxy) is 3. The van der Waals surface area contributed by atoms with Gasteiger partial charge in [-0.05, 0) is 122 Å². The maximum absolute atomic E-state index is 12.8. The van der Waals surface area contributed by atoms with Crippen LogP contribution in [0.3, 0.4) is 0 Å². The van der Waals surface area contributed by atoms with Crippen LogP contribution in [0.15, 0.2) is 109 Å². The molecule has 0 aliphatic heterocycles. The third-order valence-corrected chi connectivity index (χ3v) is 11.7. The largest absolute Gasteiger partial charge is 0.462 e. The summed E-state index contributed by atoms with van der Waals surface area (Å²) in [6, 6.07) is 0. The highest BCUT2D eigenvalue weighted by atomic mass is 16.6. The topological polar surface area (TPSA) is 78.9 Å². The normalized spacial score (nSPS) is 12.9. The first-order valence-corrected chi connectivity index (χ1v) is 28.4. The SMILES string of the molecule is CC/C=C\C/C=C\C/C=C\C/C=C\CCCCC(=O)OCC(COC(=O)CCCCCCCCCCC/C=C\CCCCCCCCCC)OC(=O)CCCC/C=C\C/C=C\C/C=C\C/C=C\CC. The molecule has 392 valence electrons. The van der Waals surface area contributed by atoms with Gasteiger partial charge in [0.15, 0.2) is 6.10 Å². The maximum Gasteiger partial charge on any atom is 0.306 e. The van der Waals surface area contributed by atoms with Crippen LogP contribution in [0.25, 0.3) is 0 Å². The summed E-state index contributed by atoms with van der Waals surface area (Å²) in [5.74, 6) is -0.999. The molecule has 0 saturated carbocycles. The lowest BCUT2D eigenvalue weighted by atomic mass is 10.1. The van der Waals surface area contributed by atoms with Crippen LogP contribution in [-0.4, -0.2) is 37.2 Å². The van der Waals surface area contributed by atoms with Crippen LogP contribution in [0.5, 0.6) is 0 Å². The molecule has 0 aliphatic rings. The van der Waals surface area contributed by atoms with Gasteiger partial charge in [-0.3, -0.25) is 14.4 Å². The fraction of sp³-hybridized carbons (Fsp3) is 0.667. The highest BCUT2D eigenvalue weighted by Crippen LogP contribution is 2.14. The fourth-order valence-electron chi connectivity index (χ4n) is 7.54. The first-order chi connectivity index (χ1) is 34.0. The molecule has 0 aromatic heterocycles. The van der Waals surface area contributed by atoms with E-state index in [9.17, 15) is 14.4 Å². The molecule has 0 heterocycles. The zero-order valence-electron chi connectivity index (χ0n) is 44.8. The van der Waals surface area contributed by atoms with Gasteiger partial charge in [-0.15, -0.1) is 0 Å². The smallest absolute Gasteiger partial charge is 0.306 e. The molecule has 0 radical (unpaired) electrons. The Bertz CT molecular complexity index is 1420. The van der Waals surface area contributed by atoms with Crippen molar-refractivity contribution in [2.75, 3.05) is 13.2 Å². The van der Waals surface area contributed by atoms with Crippen molar-refractivity contribution in [3.8, 4) is 0 Å². The Morgan fingerprint density at radius 2 is 0.565 bits per heavy atom. The first kappa shape index (κ1) is 65.1. The molecule has 0 aromatic carbocycles. The molecule has 0 saturated heterocycles. The van der Waals surface area contributed by atoms with Crippen molar-refractivity contribution in [2.45, 2.75) is 258 Å². The van der Waals surface area contributed by atoms with E-state index < -0.39 is 6.10 Å². The van der Waals surface area contributed by atoms with Crippen molar-refractivity contribution >= 4 is 17.9 Å². The van der Waals surface area contributed by atoms with Gasteiger partial charge in [0.25, 0.3) is 0 Å². The van der Waals surface area contributed by atoms with Crippen LogP contribution in [0.4, 0.5) is 0 Å².